The van der Waals surface area contributed by atoms with E-state index in [9.17, 15) is 9.18 Å². The summed E-state index contributed by atoms with van der Waals surface area (Å²) in [7, 11) is 0. The van der Waals surface area contributed by atoms with E-state index in [1.54, 1.807) is 0 Å². The zero-order valence-electron chi connectivity index (χ0n) is 4.28. The summed E-state index contributed by atoms with van der Waals surface area (Å²) in [6.45, 7) is 0. The first-order valence-corrected chi connectivity index (χ1v) is 2.17. The number of carboxylic acids is 1. The highest BCUT2D eigenvalue weighted by atomic mass is 19.1. The van der Waals surface area contributed by atoms with E-state index in [1.807, 2.05) is 0 Å². The van der Waals surface area contributed by atoms with Gasteiger partial charge in [0.15, 0.2) is 0 Å². The zero-order chi connectivity index (χ0) is 6.91. The summed E-state index contributed by atoms with van der Waals surface area (Å²) in [6.07, 6.45) is 1.78. The molecule has 9 heavy (non-hydrogen) atoms. The Hall–Kier alpha value is -1.26. The lowest BCUT2D eigenvalue weighted by Crippen LogP contribution is -2.26. The van der Waals surface area contributed by atoms with Gasteiger partial charge in [0.1, 0.15) is 0 Å². The van der Waals surface area contributed by atoms with Crippen LogP contribution >= 0.6 is 0 Å². The Balaban J connectivity index is 2.88. The fraction of sp³-hybridized carbons (Fsp3) is 0.250. The molecule has 5 heteroatoms. The molecule has 1 rings (SSSR count). The van der Waals surface area contributed by atoms with Gasteiger partial charge >= 0.3 is 11.8 Å². The number of alkyl halides is 1. The number of carboxylic acid groups (broad SMARTS) is 1. The van der Waals surface area contributed by atoms with Crippen molar-refractivity contribution in [1.29, 1.82) is 0 Å². The van der Waals surface area contributed by atoms with E-state index in [4.69, 9.17) is 5.11 Å². The summed E-state index contributed by atoms with van der Waals surface area (Å²) >= 11 is 0. The van der Waals surface area contributed by atoms with E-state index in [0.29, 0.717) is 0 Å². The normalized spacial score (nSPS) is 31.2. The van der Waals surface area contributed by atoms with Crippen LogP contribution in [0.25, 0.3) is 0 Å². The molecule has 1 atom stereocenters. The van der Waals surface area contributed by atoms with Crippen LogP contribution in [-0.2, 0) is 4.79 Å². The van der Waals surface area contributed by atoms with Crippen molar-refractivity contribution in [2.75, 3.05) is 0 Å². The highest BCUT2D eigenvalue weighted by Crippen LogP contribution is 2.20. The molecular weight excluding hydrogens is 127 g/mol. The van der Waals surface area contributed by atoms with E-state index >= 15 is 0 Å². The van der Waals surface area contributed by atoms with Crippen LogP contribution in [0.5, 0.6) is 0 Å². The lowest BCUT2D eigenvalue weighted by atomic mass is 10.3. The maximum absolute atomic E-state index is 12.5. The molecule has 4 nitrogen and oxygen atoms in total. The predicted octanol–water partition coefficient (Wildman–Crippen LogP) is 0.716. The number of hydrogen-bond donors (Lipinski definition) is 1. The molecule has 0 radical (unpaired) electrons. The van der Waals surface area contributed by atoms with Crippen molar-refractivity contribution in [3.05, 3.63) is 12.3 Å². The number of hydrogen-bond acceptors (Lipinski definition) is 3. The predicted molar refractivity (Wildman–Crippen MR) is 25.5 cm³/mol. The lowest BCUT2D eigenvalue weighted by Gasteiger charge is -2.02. The molecule has 1 heterocycles. The van der Waals surface area contributed by atoms with Crippen LogP contribution in [0.15, 0.2) is 22.5 Å². The molecule has 48 valence electrons. The molecule has 0 bridgehead atoms. The van der Waals surface area contributed by atoms with Crippen molar-refractivity contribution in [2.24, 2.45) is 10.2 Å². The first-order valence-electron chi connectivity index (χ1n) is 2.17. The quantitative estimate of drug-likeness (QED) is 0.531. The molecule has 0 amide bonds. The molecule has 0 aliphatic carbocycles. The third-order valence-electron chi connectivity index (χ3n) is 0.865. The summed E-state index contributed by atoms with van der Waals surface area (Å²) in [5, 5.41) is 14.0. The van der Waals surface area contributed by atoms with E-state index in [1.165, 1.54) is 0 Å². The summed E-state index contributed by atoms with van der Waals surface area (Å²) in [6, 6.07) is 0. The summed E-state index contributed by atoms with van der Waals surface area (Å²) in [5.41, 5.74) is 0. The summed E-state index contributed by atoms with van der Waals surface area (Å²) < 4.78 is 12.5. The van der Waals surface area contributed by atoms with E-state index in [-0.39, 0.29) is 0 Å². The molecule has 0 spiro atoms. The van der Waals surface area contributed by atoms with Gasteiger partial charge in [0, 0.05) is 6.08 Å². The third-order valence-corrected chi connectivity index (χ3v) is 0.865. The van der Waals surface area contributed by atoms with E-state index in [2.05, 4.69) is 10.2 Å². The van der Waals surface area contributed by atoms with Gasteiger partial charge in [-0.2, -0.15) is 9.50 Å². The van der Waals surface area contributed by atoms with Crippen LogP contribution in [0.2, 0.25) is 0 Å². The average Bonchev–Trinajstić information content (AvgIpc) is 2.16. The minimum atomic E-state index is -2.61. The van der Waals surface area contributed by atoms with Crippen molar-refractivity contribution in [2.45, 2.75) is 5.79 Å². The number of rotatable bonds is 1. The molecule has 0 aromatic carbocycles. The fourth-order valence-corrected chi connectivity index (χ4v) is 0.397. The van der Waals surface area contributed by atoms with Gasteiger partial charge in [-0.15, -0.1) is 5.11 Å². The highest BCUT2D eigenvalue weighted by Gasteiger charge is 2.37. The second-order valence-corrected chi connectivity index (χ2v) is 1.51. The number of halogens is 1. The van der Waals surface area contributed by atoms with Crippen molar-refractivity contribution >= 4 is 5.97 Å². The van der Waals surface area contributed by atoms with Crippen LogP contribution in [0.4, 0.5) is 4.39 Å². The molecular formula is C4H3FN2O2. The topological polar surface area (TPSA) is 62.0 Å². The molecule has 1 aliphatic rings. The van der Waals surface area contributed by atoms with Gasteiger partial charge in [0.05, 0.1) is 6.20 Å². The maximum atomic E-state index is 12.5. The summed E-state index contributed by atoms with van der Waals surface area (Å²) in [4.78, 5) is 9.94. The lowest BCUT2D eigenvalue weighted by molar-refractivity contribution is -0.147. The van der Waals surface area contributed by atoms with Gasteiger partial charge < -0.3 is 5.11 Å². The Bertz CT molecular complexity index is 187. The number of aliphatic carboxylic acids is 1. The molecule has 1 N–H and O–H groups in total. The number of carbonyl (C=O) groups is 1. The second-order valence-electron chi connectivity index (χ2n) is 1.51. The molecule has 1 unspecified atom stereocenters. The van der Waals surface area contributed by atoms with Crippen LogP contribution < -0.4 is 0 Å². The fourth-order valence-electron chi connectivity index (χ4n) is 0.397. The Morgan fingerprint density at radius 2 is 2.44 bits per heavy atom. The van der Waals surface area contributed by atoms with E-state index < -0.39 is 11.8 Å². The Morgan fingerprint density at radius 1 is 1.78 bits per heavy atom. The minimum Gasteiger partial charge on any atom is -0.477 e. The van der Waals surface area contributed by atoms with Gasteiger partial charge in [-0.25, -0.2) is 4.79 Å². The Kier molecular flexibility index (Phi) is 1.05. The van der Waals surface area contributed by atoms with Gasteiger partial charge in [-0.1, -0.05) is 0 Å². The largest absolute Gasteiger partial charge is 0.477 e. The van der Waals surface area contributed by atoms with Gasteiger partial charge in [-0.05, 0) is 0 Å². The number of azo groups is 1. The van der Waals surface area contributed by atoms with Crippen LogP contribution in [-0.4, -0.2) is 16.9 Å². The van der Waals surface area contributed by atoms with Gasteiger partial charge in [0.25, 0.3) is 0 Å². The third kappa shape index (κ3) is 0.802. The number of nitrogens with zero attached hydrogens (tertiary/aromatic N) is 2. The standard InChI is InChI=1S/C4H3FN2O2/c5-4(3(8)9)1-2-6-7-4/h1-2H,(H,8,9). The monoisotopic (exact) mass is 130 g/mol. The first kappa shape index (κ1) is 5.87. The minimum absolute atomic E-state index is 0.773. The molecule has 0 fully saturated rings. The molecule has 0 aromatic rings. The average molecular weight is 130 g/mol. The van der Waals surface area contributed by atoms with Crippen molar-refractivity contribution in [3.8, 4) is 0 Å². The Labute approximate surface area is 49.7 Å². The molecule has 0 saturated heterocycles. The zero-order valence-corrected chi connectivity index (χ0v) is 4.28. The molecule has 0 aromatic heterocycles. The SMILES string of the molecule is O=C(O)C1(F)C=CN=N1. The van der Waals surface area contributed by atoms with Gasteiger partial charge in [-0.3, -0.25) is 0 Å². The van der Waals surface area contributed by atoms with Crippen molar-refractivity contribution < 1.29 is 14.3 Å². The highest BCUT2D eigenvalue weighted by molar-refractivity contribution is 5.79. The summed E-state index contributed by atoms with van der Waals surface area (Å²) in [5.74, 6) is -4.25. The first-order chi connectivity index (χ1) is 4.15. The maximum Gasteiger partial charge on any atom is 0.370 e. The second kappa shape index (κ2) is 1.61. The van der Waals surface area contributed by atoms with Crippen LogP contribution in [0, 0.1) is 0 Å². The Morgan fingerprint density at radius 3 is 2.67 bits per heavy atom. The van der Waals surface area contributed by atoms with Crippen molar-refractivity contribution in [3.63, 3.8) is 0 Å². The van der Waals surface area contributed by atoms with Crippen LogP contribution in [0.1, 0.15) is 0 Å². The van der Waals surface area contributed by atoms with Gasteiger partial charge in [0.2, 0.25) is 0 Å². The molecule has 1 aliphatic heterocycles. The van der Waals surface area contributed by atoms with Crippen LogP contribution in [0.3, 0.4) is 0 Å². The van der Waals surface area contributed by atoms with E-state index in [0.717, 1.165) is 12.3 Å². The molecule has 0 saturated carbocycles. The van der Waals surface area contributed by atoms with Crippen molar-refractivity contribution in [1.82, 2.24) is 0 Å². The smallest absolute Gasteiger partial charge is 0.370 e.